The molecule has 6 nitrogen and oxygen atoms in total. The summed E-state index contributed by atoms with van der Waals surface area (Å²) in [7, 11) is 1.85. The van der Waals surface area contributed by atoms with E-state index in [2.05, 4.69) is 17.3 Å². The lowest BCUT2D eigenvalue weighted by Crippen LogP contribution is -2.30. The fourth-order valence-electron chi connectivity index (χ4n) is 2.78. The average molecular weight is 369 g/mol. The second-order valence-corrected chi connectivity index (χ2v) is 6.53. The van der Waals surface area contributed by atoms with Gasteiger partial charge < -0.3 is 10.1 Å². The van der Waals surface area contributed by atoms with E-state index in [9.17, 15) is 9.59 Å². The summed E-state index contributed by atoms with van der Waals surface area (Å²) in [5.74, 6) is -0.898. The topological polar surface area (TPSA) is 73.2 Å². The molecule has 6 heteroatoms. The quantitative estimate of drug-likeness (QED) is 0.601. The zero-order valence-electron chi connectivity index (χ0n) is 16.6. The van der Waals surface area contributed by atoms with Crippen molar-refractivity contribution in [1.29, 1.82) is 0 Å². The van der Waals surface area contributed by atoms with Crippen LogP contribution >= 0.6 is 0 Å². The Labute approximate surface area is 160 Å². The molecule has 0 unspecified atom stereocenters. The Hall–Kier alpha value is -2.89. The predicted octanol–water partition coefficient (Wildman–Crippen LogP) is 3.03. The van der Waals surface area contributed by atoms with Gasteiger partial charge in [-0.15, -0.1) is 0 Å². The molecule has 1 heterocycles. The molecule has 1 atom stereocenters. The lowest BCUT2D eigenvalue weighted by Gasteiger charge is -2.14. The van der Waals surface area contributed by atoms with E-state index in [0.29, 0.717) is 0 Å². The van der Waals surface area contributed by atoms with Crippen LogP contribution in [0.1, 0.15) is 48.0 Å². The number of amides is 1. The van der Waals surface area contributed by atoms with Gasteiger partial charge in [-0.05, 0) is 44.4 Å². The molecule has 0 radical (unpaired) electrons. The first-order valence-electron chi connectivity index (χ1n) is 9.05. The van der Waals surface area contributed by atoms with E-state index >= 15 is 0 Å². The van der Waals surface area contributed by atoms with Crippen LogP contribution in [0.5, 0.6) is 0 Å². The lowest BCUT2D eigenvalue weighted by atomic mass is 10.1. The molecular formula is C21H27N3O3. The number of aromatic nitrogens is 2. The van der Waals surface area contributed by atoms with Crippen molar-refractivity contribution in [3.8, 4) is 0 Å². The van der Waals surface area contributed by atoms with E-state index in [4.69, 9.17) is 4.74 Å². The Morgan fingerprint density at radius 3 is 2.48 bits per heavy atom. The average Bonchev–Trinajstić information content (AvgIpc) is 2.90. The molecule has 0 saturated carbocycles. The number of carbonyl (C=O) groups excluding carboxylic acids is 2. The molecule has 144 valence electrons. The Kier molecular flexibility index (Phi) is 6.93. The summed E-state index contributed by atoms with van der Waals surface area (Å²) in [6, 6.07) is 7.93. The number of rotatable bonds is 7. The monoisotopic (exact) mass is 369 g/mol. The fourth-order valence-corrected chi connectivity index (χ4v) is 2.78. The van der Waals surface area contributed by atoms with E-state index in [1.165, 1.54) is 11.6 Å². The SMILES string of the molecule is CCc1ccc([C@H](C)NC(=O)COC(=O)/C=C/c2c(C)nn(C)c2C)cc1. The van der Waals surface area contributed by atoms with E-state index in [-0.39, 0.29) is 18.6 Å². The second kappa shape index (κ2) is 9.16. The van der Waals surface area contributed by atoms with Crippen molar-refractivity contribution in [3.05, 3.63) is 58.4 Å². The molecule has 2 aromatic rings. The van der Waals surface area contributed by atoms with E-state index in [0.717, 1.165) is 28.9 Å². The molecule has 0 bridgehead atoms. The largest absolute Gasteiger partial charge is 0.452 e. The number of ether oxygens (including phenoxy) is 1. The van der Waals surface area contributed by atoms with Gasteiger partial charge in [0.15, 0.2) is 6.61 Å². The highest BCUT2D eigenvalue weighted by Crippen LogP contribution is 2.14. The van der Waals surface area contributed by atoms with Crippen molar-refractivity contribution >= 4 is 18.0 Å². The summed E-state index contributed by atoms with van der Waals surface area (Å²) in [6.07, 6.45) is 3.95. The smallest absolute Gasteiger partial charge is 0.331 e. The van der Waals surface area contributed by atoms with Crippen LogP contribution in [0.25, 0.3) is 6.08 Å². The molecule has 27 heavy (non-hydrogen) atoms. The van der Waals surface area contributed by atoms with Crippen molar-refractivity contribution < 1.29 is 14.3 Å². The third-order valence-corrected chi connectivity index (χ3v) is 4.56. The first-order valence-corrected chi connectivity index (χ1v) is 9.05. The molecule has 1 aromatic carbocycles. The molecular weight excluding hydrogens is 342 g/mol. The molecule has 0 saturated heterocycles. The number of nitrogens with one attached hydrogen (secondary N) is 1. The number of esters is 1. The van der Waals surface area contributed by atoms with Crippen LogP contribution in [0.15, 0.2) is 30.3 Å². The van der Waals surface area contributed by atoms with Gasteiger partial charge in [-0.3, -0.25) is 9.48 Å². The Balaban J connectivity index is 1.83. The van der Waals surface area contributed by atoms with Gasteiger partial charge in [-0.2, -0.15) is 5.10 Å². The number of hydrogen-bond acceptors (Lipinski definition) is 4. The molecule has 1 amide bonds. The van der Waals surface area contributed by atoms with Crippen LogP contribution < -0.4 is 5.32 Å². The van der Waals surface area contributed by atoms with Crippen LogP contribution in [-0.4, -0.2) is 28.3 Å². The summed E-state index contributed by atoms with van der Waals surface area (Å²) in [5, 5.41) is 7.11. The number of aryl methyl sites for hydroxylation is 3. The molecule has 2 rings (SSSR count). The fraction of sp³-hybridized carbons (Fsp3) is 0.381. The van der Waals surface area contributed by atoms with Gasteiger partial charge in [0.25, 0.3) is 5.91 Å². The van der Waals surface area contributed by atoms with Gasteiger partial charge >= 0.3 is 5.97 Å². The number of nitrogens with zero attached hydrogens (tertiary/aromatic N) is 2. The molecule has 1 aromatic heterocycles. The maximum Gasteiger partial charge on any atom is 0.331 e. The van der Waals surface area contributed by atoms with Crippen LogP contribution in [0, 0.1) is 13.8 Å². The van der Waals surface area contributed by atoms with Gasteiger partial charge in [0.2, 0.25) is 0 Å². The van der Waals surface area contributed by atoms with E-state index in [1.54, 1.807) is 10.8 Å². The summed E-state index contributed by atoms with van der Waals surface area (Å²) < 4.78 is 6.77. The highest BCUT2D eigenvalue weighted by molar-refractivity contribution is 5.89. The van der Waals surface area contributed by atoms with Crippen molar-refractivity contribution in [3.63, 3.8) is 0 Å². The lowest BCUT2D eigenvalue weighted by molar-refractivity contribution is -0.144. The molecule has 0 fully saturated rings. The first kappa shape index (κ1) is 20.4. The van der Waals surface area contributed by atoms with Gasteiger partial charge in [-0.25, -0.2) is 4.79 Å². The summed E-state index contributed by atoms with van der Waals surface area (Å²) in [6.45, 7) is 7.48. The highest BCUT2D eigenvalue weighted by atomic mass is 16.5. The molecule has 0 aliphatic carbocycles. The highest BCUT2D eigenvalue weighted by Gasteiger charge is 2.12. The third kappa shape index (κ3) is 5.54. The Morgan fingerprint density at radius 2 is 1.93 bits per heavy atom. The van der Waals surface area contributed by atoms with E-state index in [1.807, 2.05) is 52.1 Å². The minimum absolute atomic E-state index is 0.154. The molecule has 1 N–H and O–H groups in total. The standard InChI is InChI=1S/C21H27N3O3/c1-6-17-7-9-18(10-8-17)14(2)22-20(25)13-27-21(26)12-11-19-15(3)23-24(5)16(19)4/h7-12,14H,6,13H2,1-5H3,(H,22,25)/b12-11+/t14-/m0/s1. The predicted molar refractivity (Wildman–Crippen MR) is 105 cm³/mol. The van der Waals surface area contributed by atoms with E-state index < -0.39 is 5.97 Å². The minimum atomic E-state index is -0.562. The Morgan fingerprint density at radius 1 is 1.26 bits per heavy atom. The number of hydrogen-bond donors (Lipinski definition) is 1. The van der Waals surface area contributed by atoms with Gasteiger partial charge in [0.1, 0.15) is 0 Å². The maximum absolute atomic E-state index is 12.0. The minimum Gasteiger partial charge on any atom is -0.452 e. The maximum atomic E-state index is 12.0. The van der Waals surface area contributed by atoms with Crippen LogP contribution in [0.4, 0.5) is 0 Å². The zero-order chi connectivity index (χ0) is 20.0. The molecule has 0 spiro atoms. The van der Waals surface area contributed by atoms with Gasteiger partial charge in [0.05, 0.1) is 11.7 Å². The van der Waals surface area contributed by atoms with Crippen LogP contribution in [0.3, 0.4) is 0 Å². The summed E-state index contributed by atoms with van der Waals surface area (Å²) >= 11 is 0. The molecule has 0 aliphatic heterocycles. The van der Waals surface area contributed by atoms with Gasteiger partial charge in [-0.1, -0.05) is 31.2 Å². The second-order valence-electron chi connectivity index (χ2n) is 6.53. The summed E-state index contributed by atoms with van der Waals surface area (Å²) in [4.78, 5) is 23.9. The van der Waals surface area contributed by atoms with Crippen molar-refractivity contribution in [2.24, 2.45) is 7.05 Å². The number of carbonyl (C=O) groups is 2. The zero-order valence-corrected chi connectivity index (χ0v) is 16.6. The van der Waals surface area contributed by atoms with Crippen LogP contribution in [-0.2, 0) is 27.8 Å². The number of benzene rings is 1. The van der Waals surface area contributed by atoms with Crippen molar-refractivity contribution in [2.45, 2.75) is 40.2 Å². The third-order valence-electron chi connectivity index (χ3n) is 4.56. The van der Waals surface area contributed by atoms with Crippen molar-refractivity contribution in [2.75, 3.05) is 6.61 Å². The molecule has 0 aliphatic rings. The van der Waals surface area contributed by atoms with Gasteiger partial charge in [0, 0.05) is 24.4 Å². The first-order chi connectivity index (χ1) is 12.8. The summed E-state index contributed by atoms with van der Waals surface area (Å²) in [5.41, 5.74) is 4.92. The Bertz CT molecular complexity index is 835. The normalized spacial score (nSPS) is 12.2. The van der Waals surface area contributed by atoms with Crippen molar-refractivity contribution in [1.82, 2.24) is 15.1 Å². The van der Waals surface area contributed by atoms with Crippen LogP contribution in [0.2, 0.25) is 0 Å².